The molecule has 7 heteroatoms. The second-order valence-electron chi connectivity index (χ2n) is 5.77. The number of hydrogen-bond acceptors (Lipinski definition) is 3. The molecule has 1 saturated heterocycles. The molecule has 3 heterocycles. The van der Waals surface area contributed by atoms with E-state index in [2.05, 4.69) is 4.98 Å². The van der Waals surface area contributed by atoms with Gasteiger partial charge in [0.05, 0.1) is 23.6 Å². The summed E-state index contributed by atoms with van der Waals surface area (Å²) in [5.74, 6) is -1.08. The van der Waals surface area contributed by atoms with E-state index in [1.54, 1.807) is 9.47 Å². The van der Waals surface area contributed by atoms with Gasteiger partial charge < -0.3 is 10.0 Å². The zero-order chi connectivity index (χ0) is 16.0. The molecule has 0 unspecified atom stereocenters. The number of nitrogens with zero attached hydrogens (tertiary/aromatic N) is 4. The first-order valence-electron chi connectivity index (χ1n) is 7.62. The van der Waals surface area contributed by atoms with Crippen molar-refractivity contribution < 1.29 is 14.7 Å². The normalized spacial score (nSPS) is 16.2. The van der Waals surface area contributed by atoms with Gasteiger partial charge >= 0.3 is 12.0 Å². The average Bonchev–Trinajstić information content (AvgIpc) is 3.22. The minimum absolute atomic E-state index is 0.00118. The SMILES string of the molecule is O=C(O)c1ncn2c1CN(C(=O)N1CCCC1)c1ccccc1-2. The molecule has 1 aromatic heterocycles. The monoisotopic (exact) mass is 312 g/mol. The number of carboxylic acid groups (broad SMARTS) is 1. The lowest BCUT2D eigenvalue weighted by atomic mass is 10.1. The van der Waals surface area contributed by atoms with Gasteiger partial charge in [0.2, 0.25) is 0 Å². The number of para-hydroxylation sites is 2. The molecule has 23 heavy (non-hydrogen) atoms. The molecule has 2 aromatic rings. The van der Waals surface area contributed by atoms with Gasteiger partial charge in [0.1, 0.15) is 6.33 Å². The van der Waals surface area contributed by atoms with E-state index in [-0.39, 0.29) is 18.3 Å². The number of aromatic carboxylic acids is 1. The van der Waals surface area contributed by atoms with Crippen molar-refractivity contribution in [2.24, 2.45) is 0 Å². The minimum atomic E-state index is -1.08. The van der Waals surface area contributed by atoms with Crippen LogP contribution in [0.2, 0.25) is 0 Å². The first kappa shape index (κ1) is 13.8. The summed E-state index contributed by atoms with van der Waals surface area (Å²) in [6.45, 7) is 1.72. The summed E-state index contributed by atoms with van der Waals surface area (Å²) < 4.78 is 1.76. The van der Waals surface area contributed by atoms with Crippen LogP contribution in [0.25, 0.3) is 5.69 Å². The Morgan fingerprint density at radius 2 is 1.78 bits per heavy atom. The molecule has 0 atom stereocenters. The molecule has 7 nitrogen and oxygen atoms in total. The van der Waals surface area contributed by atoms with Crippen LogP contribution < -0.4 is 4.90 Å². The highest BCUT2D eigenvalue weighted by Gasteiger charge is 2.33. The van der Waals surface area contributed by atoms with Crippen molar-refractivity contribution in [3.05, 3.63) is 42.0 Å². The molecule has 0 saturated carbocycles. The Balaban J connectivity index is 1.81. The maximum atomic E-state index is 12.9. The van der Waals surface area contributed by atoms with E-state index in [1.165, 1.54) is 6.33 Å². The van der Waals surface area contributed by atoms with Gasteiger partial charge in [-0.3, -0.25) is 9.47 Å². The maximum absolute atomic E-state index is 12.9. The quantitative estimate of drug-likeness (QED) is 0.874. The van der Waals surface area contributed by atoms with Gasteiger partial charge in [0, 0.05) is 13.1 Å². The molecule has 0 spiro atoms. The van der Waals surface area contributed by atoms with Gasteiger partial charge in [0.15, 0.2) is 5.69 Å². The lowest BCUT2D eigenvalue weighted by Gasteiger charge is -2.33. The lowest BCUT2D eigenvalue weighted by Crippen LogP contribution is -2.44. The fourth-order valence-electron chi connectivity index (χ4n) is 3.29. The summed E-state index contributed by atoms with van der Waals surface area (Å²) in [5, 5.41) is 9.32. The van der Waals surface area contributed by atoms with E-state index in [4.69, 9.17) is 0 Å². The highest BCUT2D eigenvalue weighted by atomic mass is 16.4. The predicted octanol–water partition coefficient (Wildman–Crippen LogP) is 2.11. The van der Waals surface area contributed by atoms with Gasteiger partial charge in [-0.05, 0) is 25.0 Å². The summed E-state index contributed by atoms with van der Waals surface area (Å²) >= 11 is 0. The van der Waals surface area contributed by atoms with E-state index in [0.717, 1.165) is 37.3 Å². The first-order chi connectivity index (χ1) is 11.2. The number of carbonyl (C=O) groups excluding carboxylic acids is 1. The van der Waals surface area contributed by atoms with Crippen LogP contribution in [0, 0.1) is 0 Å². The van der Waals surface area contributed by atoms with Crippen molar-refractivity contribution >= 4 is 17.7 Å². The average molecular weight is 312 g/mol. The van der Waals surface area contributed by atoms with Gasteiger partial charge in [-0.2, -0.15) is 0 Å². The largest absolute Gasteiger partial charge is 0.476 e. The molecular formula is C16H16N4O3. The molecule has 1 aromatic carbocycles. The summed E-state index contributed by atoms with van der Waals surface area (Å²) in [6, 6.07) is 7.43. The number of carboxylic acids is 1. The Morgan fingerprint density at radius 1 is 1.09 bits per heavy atom. The molecule has 4 rings (SSSR count). The molecular weight excluding hydrogens is 296 g/mol. The molecule has 1 N–H and O–H groups in total. The van der Waals surface area contributed by atoms with Gasteiger partial charge in [-0.25, -0.2) is 14.6 Å². The Labute approximate surface area is 132 Å². The number of fused-ring (bicyclic) bond motifs is 3. The highest BCUT2D eigenvalue weighted by Crippen LogP contribution is 2.34. The van der Waals surface area contributed by atoms with E-state index < -0.39 is 5.97 Å². The van der Waals surface area contributed by atoms with Crippen LogP contribution in [-0.4, -0.2) is 44.6 Å². The second-order valence-corrected chi connectivity index (χ2v) is 5.77. The third-order valence-electron chi connectivity index (χ3n) is 4.42. The number of hydrogen-bond donors (Lipinski definition) is 1. The van der Waals surface area contributed by atoms with Crippen molar-refractivity contribution in [1.82, 2.24) is 14.5 Å². The summed E-state index contributed by atoms with van der Waals surface area (Å²) in [5.41, 5.74) is 2.09. The van der Waals surface area contributed by atoms with Crippen molar-refractivity contribution in [2.45, 2.75) is 19.4 Å². The van der Waals surface area contributed by atoms with Crippen molar-refractivity contribution in [1.29, 1.82) is 0 Å². The third kappa shape index (κ3) is 2.08. The van der Waals surface area contributed by atoms with E-state index in [9.17, 15) is 14.7 Å². The number of amides is 2. The Hall–Kier alpha value is -2.83. The number of rotatable bonds is 1. The van der Waals surface area contributed by atoms with E-state index in [1.807, 2.05) is 29.2 Å². The van der Waals surface area contributed by atoms with Crippen LogP contribution in [0.15, 0.2) is 30.6 Å². The Kier molecular flexibility index (Phi) is 3.07. The number of imidazole rings is 1. The van der Waals surface area contributed by atoms with Crippen molar-refractivity contribution in [3.63, 3.8) is 0 Å². The highest BCUT2D eigenvalue weighted by molar-refractivity contribution is 5.96. The van der Waals surface area contributed by atoms with Crippen LogP contribution in [0.5, 0.6) is 0 Å². The number of likely N-dealkylation sites (tertiary alicyclic amines) is 1. The maximum Gasteiger partial charge on any atom is 0.356 e. The zero-order valence-electron chi connectivity index (χ0n) is 12.5. The van der Waals surface area contributed by atoms with Crippen molar-refractivity contribution in [3.8, 4) is 5.69 Å². The fourth-order valence-corrected chi connectivity index (χ4v) is 3.29. The molecule has 2 aliphatic rings. The second kappa shape index (κ2) is 5.12. The zero-order valence-corrected chi connectivity index (χ0v) is 12.5. The van der Waals surface area contributed by atoms with Gasteiger partial charge in [0.25, 0.3) is 0 Å². The summed E-state index contributed by atoms with van der Waals surface area (Å²) in [7, 11) is 0. The molecule has 0 aliphatic carbocycles. The van der Waals surface area contributed by atoms with Crippen LogP contribution in [-0.2, 0) is 6.54 Å². The number of urea groups is 1. The van der Waals surface area contributed by atoms with E-state index in [0.29, 0.717) is 5.69 Å². The molecule has 0 radical (unpaired) electrons. The van der Waals surface area contributed by atoms with Crippen molar-refractivity contribution in [2.75, 3.05) is 18.0 Å². The predicted molar refractivity (Wildman–Crippen MR) is 82.9 cm³/mol. The number of carbonyl (C=O) groups is 2. The molecule has 0 bridgehead atoms. The van der Waals surface area contributed by atoms with Crippen LogP contribution in [0.1, 0.15) is 29.0 Å². The number of benzene rings is 1. The van der Waals surface area contributed by atoms with Crippen LogP contribution in [0.3, 0.4) is 0 Å². The summed E-state index contributed by atoms with van der Waals surface area (Å²) in [6.07, 6.45) is 3.54. The van der Waals surface area contributed by atoms with Gasteiger partial charge in [-0.15, -0.1) is 0 Å². The number of aromatic nitrogens is 2. The van der Waals surface area contributed by atoms with Crippen LogP contribution in [0.4, 0.5) is 10.5 Å². The molecule has 118 valence electrons. The summed E-state index contributed by atoms with van der Waals surface area (Å²) in [4.78, 5) is 31.7. The fraction of sp³-hybridized carbons (Fsp3) is 0.312. The standard InChI is InChI=1S/C16H16N4O3/c21-15(22)14-13-9-19(16(23)18-7-3-4-8-18)11-5-1-2-6-12(11)20(13)10-17-14/h1-2,5-6,10H,3-4,7-9H2,(H,21,22). The number of anilines is 1. The molecule has 2 amide bonds. The molecule has 1 fully saturated rings. The topological polar surface area (TPSA) is 78.7 Å². The Morgan fingerprint density at radius 3 is 2.48 bits per heavy atom. The Bertz CT molecular complexity index is 792. The first-order valence-corrected chi connectivity index (χ1v) is 7.62. The molecule has 2 aliphatic heterocycles. The smallest absolute Gasteiger partial charge is 0.356 e. The van der Waals surface area contributed by atoms with E-state index >= 15 is 0 Å². The lowest BCUT2D eigenvalue weighted by molar-refractivity contribution is 0.0689. The minimum Gasteiger partial charge on any atom is -0.476 e. The van der Waals surface area contributed by atoms with Gasteiger partial charge in [-0.1, -0.05) is 12.1 Å². The third-order valence-corrected chi connectivity index (χ3v) is 4.42. The van der Waals surface area contributed by atoms with Crippen LogP contribution >= 0.6 is 0 Å².